The van der Waals surface area contributed by atoms with E-state index in [4.69, 9.17) is 10.8 Å². The molecular weight excluding hydrogens is 200 g/mol. The van der Waals surface area contributed by atoms with E-state index in [1.807, 2.05) is 0 Å². The van der Waals surface area contributed by atoms with Crippen molar-refractivity contribution in [2.45, 2.75) is 31.4 Å². The number of primary amides is 1. The Bertz CT molecular complexity index is 256. The van der Waals surface area contributed by atoms with Gasteiger partial charge in [0.2, 0.25) is 5.91 Å². The van der Waals surface area contributed by atoms with Crippen LogP contribution in [0.2, 0.25) is 0 Å². The van der Waals surface area contributed by atoms with Crippen LogP contribution in [-0.2, 0) is 9.59 Å². The number of aliphatic carboxylic acids is 1. The van der Waals surface area contributed by atoms with Crippen LogP contribution >= 0.6 is 0 Å². The zero-order valence-electron chi connectivity index (χ0n) is 8.43. The molecule has 1 heterocycles. The number of hydrogen-bond acceptors (Lipinski definition) is 4. The quantitative estimate of drug-likeness (QED) is 0.534. The fourth-order valence-corrected chi connectivity index (χ4v) is 1.90. The SMILES string of the molecule is NC(=O)C1CCCN1CC(O)CC(=O)O. The van der Waals surface area contributed by atoms with Crippen molar-refractivity contribution in [3.63, 3.8) is 0 Å². The summed E-state index contributed by atoms with van der Waals surface area (Å²) in [6, 6.07) is -0.353. The Labute approximate surface area is 87.7 Å². The van der Waals surface area contributed by atoms with Gasteiger partial charge in [0.15, 0.2) is 0 Å². The van der Waals surface area contributed by atoms with Crippen LogP contribution in [0.5, 0.6) is 0 Å². The molecule has 4 N–H and O–H groups in total. The summed E-state index contributed by atoms with van der Waals surface area (Å²) < 4.78 is 0. The Morgan fingerprint density at radius 2 is 2.20 bits per heavy atom. The van der Waals surface area contributed by atoms with E-state index in [2.05, 4.69) is 0 Å². The molecule has 1 aliphatic rings. The summed E-state index contributed by atoms with van der Waals surface area (Å²) in [6.07, 6.45) is 0.298. The molecule has 1 rings (SSSR count). The van der Waals surface area contributed by atoms with Gasteiger partial charge < -0.3 is 15.9 Å². The second-order valence-corrected chi connectivity index (χ2v) is 3.81. The van der Waals surface area contributed by atoms with E-state index < -0.39 is 18.0 Å². The van der Waals surface area contributed by atoms with E-state index in [0.29, 0.717) is 13.0 Å². The number of aliphatic hydroxyl groups is 1. The van der Waals surface area contributed by atoms with Crippen LogP contribution in [-0.4, -0.2) is 52.2 Å². The van der Waals surface area contributed by atoms with Gasteiger partial charge in [-0.3, -0.25) is 14.5 Å². The van der Waals surface area contributed by atoms with Crippen molar-refractivity contribution >= 4 is 11.9 Å². The highest BCUT2D eigenvalue weighted by Crippen LogP contribution is 2.17. The lowest BCUT2D eigenvalue weighted by molar-refractivity contribution is -0.139. The average molecular weight is 216 g/mol. The number of nitrogens with two attached hydrogens (primary N) is 1. The van der Waals surface area contributed by atoms with Gasteiger partial charge in [-0.1, -0.05) is 0 Å². The first kappa shape index (κ1) is 11.9. The smallest absolute Gasteiger partial charge is 0.306 e. The minimum atomic E-state index is -1.04. The van der Waals surface area contributed by atoms with Crippen LogP contribution < -0.4 is 5.73 Å². The lowest BCUT2D eigenvalue weighted by Crippen LogP contribution is -2.44. The summed E-state index contributed by atoms with van der Waals surface area (Å²) in [5, 5.41) is 17.9. The van der Waals surface area contributed by atoms with Crippen molar-refractivity contribution in [3.8, 4) is 0 Å². The van der Waals surface area contributed by atoms with Crippen molar-refractivity contribution in [2.75, 3.05) is 13.1 Å². The molecular formula is C9H16N2O4. The summed E-state index contributed by atoms with van der Waals surface area (Å²) in [5.41, 5.74) is 5.19. The van der Waals surface area contributed by atoms with Gasteiger partial charge in [0.05, 0.1) is 18.6 Å². The summed E-state index contributed by atoms with van der Waals surface area (Å²) in [5.74, 6) is -1.45. The highest BCUT2D eigenvalue weighted by molar-refractivity contribution is 5.80. The Morgan fingerprint density at radius 3 is 2.73 bits per heavy atom. The Hall–Kier alpha value is -1.14. The van der Waals surface area contributed by atoms with Crippen LogP contribution in [0.25, 0.3) is 0 Å². The summed E-state index contributed by atoms with van der Waals surface area (Å²) >= 11 is 0. The van der Waals surface area contributed by atoms with E-state index in [9.17, 15) is 14.7 Å². The van der Waals surface area contributed by atoms with E-state index in [1.54, 1.807) is 4.90 Å². The second kappa shape index (κ2) is 5.09. The zero-order valence-corrected chi connectivity index (χ0v) is 8.43. The number of carboxylic acids is 1. The molecule has 1 amide bonds. The normalized spacial score (nSPS) is 23.9. The summed E-state index contributed by atoms with van der Waals surface area (Å²) in [7, 11) is 0. The topological polar surface area (TPSA) is 104 Å². The molecule has 0 saturated carbocycles. The Kier molecular flexibility index (Phi) is 4.05. The third-order valence-corrected chi connectivity index (χ3v) is 2.55. The molecule has 1 saturated heterocycles. The number of rotatable bonds is 5. The fraction of sp³-hybridized carbons (Fsp3) is 0.778. The molecule has 0 bridgehead atoms. The van der Waals surface area contributed by atoms with Gasteiger partial charge in [0, 0.05) is 6.54 Å². The van der Waals surface area contributed by atoms with Crippen LogP contribution in [0.1, 0.15) is 19.3 Å². The van der Waals surface area contributed by atoms with E-state index in [0.717, 1.165) is 6.42 Å². The molecule has 86 valence electrons. The molecule has 2 atom stereocenters. The molecule has 0 spiro atoms. The van der Waals surface area contributed by atoms with Crippen molar-refractivity contribution < 1.29 is 19.8 Å². The van der Waals surface area contributed by atoms with E-state index in [1.165, 1.54) is 0 Å². The minimum absolute atomic E-state index is 0.194. The van der Waals surface area contributed by atoms with Crippen LogP contribution in [0.15, 0.2) is 0 Å². The number of carbonyl (C=O) groups is 2. The van der Waals surface area contributed by atoms with E-state index in [-0.39, 0.29) is 19.0 Å². The highest BCUT2D eigenvalue weighted by Gasteiger charge is 2.30. The minimum Gasteiger partial charge on any atom is -0.481 e. The second-order valence-electron chi connectivity index (χ2n) is 3.81. The zero-order chi connectivity index (χ0) is 11.4. The molecule has 1 fully saturated rings. The molecule has 0 aromatic rings. The van der Waals surface area contributed by atoms with Crippen LogP contribution in [0, 0.1) is 0 Å². The highest BCUT2D eigenvalue weighted by atomic mass is 16.4. The summed E-state index contributed by atoms with van der Waals surface area (Å²) in [6.45, 7) is 0.879. The maximum atomic E-state index is 11.0. The Morgan fingerprint density at radius 1 is 1.53 bits per heavy atom. The first-order chi connectivity index (χ1) is 7.00. The molecule has 0 aromatic carbocycles. The number of nitrogens with zero attached hydrogens (tertiary/aromatic N) is 1. The number of amides is 1. The lowest BCUT2D eigenvalue weighted by atomic mass is 10.2. The van der Waals surface area contributed by atoms with Gasteiger partial charge in [-0.2, -0.15) is 0 Å². The van der Waals surface area contributed by atoms with Crippen LogP contribution in [0.4, 0.5) is 0 Å². The predicted octanol–water partition coefficient (Wildman–Crippen LogP) is -1.23. The number of hydrogen-bond donors (Lipinski definition) is 3. The molecule has 6 heteroatoms. The molecule has 6 nitrogen and oxygen atoms in total. The number of β-amino-alcohol motifs (C(OH)–C–C–N with tert-alkyl or cyclic N) is 1. The monoisotopic (exact) mass is 216 g/mol. The van der Waals surface area contributed by atoms with Gasteiger partial charge in [-0.25, -0.2) is 0 Å². The molecule has 0 aromatic heterocycles. The average Bonchev–Trinajstić information content (AvgIpc) is 2.50. The third kappa shape index (κ3) is 3.49. The van der Waals surface area contributed by atoms with Crippen molar-refractivity contribution in [1.29, 1.82) is 0 Å². The first-order valence-corrected chi connectivity index (χ1v) is 4.94. The standard InChI is InChI=1S/C9H16N2O4/c10-9(15)7-2-1-3-11(7)5-6(12)4-8(13)14/h6-7,12H,1-5H2,(H2,10,15)(H,13,14). The summed E-state index contributed by atoms with van der Waals surface area (Å²) in [4.78, 5) is 23.1. The lowest BCUT2D eigenvalue weighted by Gasteiger charge is -2.23. The van der Waals surface area contributed by atoms with Crippen molar-refractivity contribution in [2.24, 2.45) is 5.73 Å². The van der Waals surface area contributed by atoms with Gasteiger partial charge in [-0.05, 0) is 19.4 Å². The van der Waals surface area contributed by atoms with Gasteiger partial charge in [-0.15, -0.1) is 0 Å². The third-order valence-electron chi connectivity index (χ3n) is 2.55. The van der Waals surface area contributed by atoms with Gasteiger partial charge in [0.25, 0.3) is 0 Å². The van der Waals surface area contributed by atoms with Crippen molar-refractivity contribution in [3.05, 3.63) is 0 Å². The first-order valence-electron chi connectivity index (χ1n) is 4.94. The number of carbonyl (C=O) groups excluding carboxylic acids is 1. The fourth-order valence-electron chi connectivity index (χ4n) is 1.90. The maximum Gasteiger partial charge on any atom is 0.306 e. The van der Waals surface area contributed by atoms with E-state index >= 15 is 0 Å². The molecule has 0 aliphatic carbocycles. The Balaban J connectivity index is 2.43. The molecule has 15 heavy (non-hydrogen) atoms. The maximum absolute atomic E-state index is 11.0. The van der Waals surface area contributed by atoms with Gasteiger partial charge in [0.1, 0.15) is 0 Å². The van der Waals surface area contributed by atoms with Crippen molar-refractivity contribution in [1.82, 2.24) is 4.90 Å². The number of carboxylic acid groups (broad SMARTS) is 1. The molecule has 2 unspecified atom stereocenters. The van der Waals surface area contributed by atoms with Gasteiger partial charge >= 0.3 is 5.97 Å². The predicted molar refractivity (Wildman–Crippen MR) is 52.0 cm³/mol. The molecule has 1 aliphatic heterocycles. The number of aliphatic hydroxyl groups excluding tert-OH is 1. The van der Waals surface area contributed by atoms with Crippen LogP contribution in [0.3, 0.4) is 0 Å². The number of likely N-dealkylation sites (tertiary alicyclic amines) is 1. The molecule has 0 radical (unpaired) electrons. The largest absolute Gasteiger partial charge is 0.481 e.